The Morgan fingerprint density at radius 3 is 2.08 bits per heavy atom. The Hall–Kier alpha value is -3.43. The van der Waals surface area contributed by atoms with Crippen LogP contribution < -0.4 is 9.62 Å². The quantitative estimate of drug-likeness (QED) is 0.399. The second-order valence-corrected chi connectivity index (χ2v) is 12.2. The molecule has 202 valence electrons. The van der Waals surface area contributed by atoms with Gasteiger partial charge in [0.1, 0.15) is 18.4 Å². The van der Waals surface area contributed by atoms with Crippen molar-refractivity contribution in [2.24, 2.45) is 0 Å². The minimum Gasteiger partial charge on any atom is -0.350 e. The zero-order chi connectivity index (χ0) is 28.1. The van der Waals surface area contributed by atoms with E-state index in [0.717, 1.165) is 4.31 Å². The maximum atomic E-state index is 13.8. The molecule has 0 aliphatic carbocycles. The first-order valence-corrected chi connectivity index (χ1v) is 13.8. The molecule has 0 radical (unpaired) electrons. The Bertz CT molecular complexity index is 1360. The van der Waals surface area contributed by atoms with Gasteiger partial charge in [0.15, 0.2) is 0 Å². The maximum absolute atomic E-state index is 13.8. The molecule has 0 unspecified atom stereocenters. The van der Waals surface area contributed by atoms with Gasteiger partial charge in [0, 0.05) is 17.1 Å². The lowest BCUT2D eigenvalue weighted by molar-refractivity contribution is -0.140. The van der Waals surface area contributed by atoms with E-state index in [1.54, 1.807) is 25.1 Å². The van der Waals surface area contributed by atoms with Gasteiger partial charge >= 0.3 is 0 Å². The molecule has 3 rings (SSSR count). The van der Waals surface area contributed by atoms with Gasteiger partial charge in [0.05, 0.1) is 10.6 Å². The number of hydrogen-bond acceptors (Lipinski definition) is 4. The fraction of sp³-hybridized carbons (Fsp3) is 0.286. The molecule has 0 fully saturated rings. The number of halogens is 2. The average molecular weight is 560 g/mol. The van der Waals surface area contributed by atoms with E-state index in [0.29, 0.717) is 10.6 Å². The number of nitrogens with one attached hydrogen (secondary N) is 1. The van der Waals surface area contributed by atoms with E-state index >= 15 is 0 Å². The van der Waals surface area contributed by atoms with E-state index in [2.05, 4.69) is 5.32 Å². The van der Waals surface area contributed by atoms with Crippen molar-refractivity contribution in [3.63, 3.8) is 0 Å². The second kappa shape index (κ2) is 12.0. The number of nitrogens with zero attached hydrogens (tertiary/aromatic N) is 2. The topological polar surface area (TPSA) is 86.8 Å². The Balaban J connectivity index is 2.01. The number of amides is 2. The molecule has 0 saturated carbocycles. The average Bonchev–Trinajstić information content (AvgIpc) is 2.86. The molecule has 0 saturated heterocycles. The lowest BCUT2D eigenvalue weighted by Gasteiger charge is -2.33. The van der Waals surface area contributed by atoms with Crippen LogP contribution in [0.3, 0.4) is 0 Å². The minimum atomic E-state index is -4.16. The summed E-state index contributed by atoms with van der Waals surface area (Å²) in [6.07, 6.45) is 0. The van der Waals surface area contributed by atoms with E-state index < -0.39 is 45.8 Å². The first-order chi connectivity index (χ1) is 17.8. The number of sulfonamides is 1. The molecule has 10 heteroatoms. The normalized spacial score (nSPS) is 12.5. The standard InChI is InChI=1S/C28H31ClFN3O4S/c1-20(27(35)31-28(2,3)4)32(18-21-10-14-23(30)15-11-21)26(34)19-33(24-16-12-22(29)13-17-24)38(36,37)25-8-6-5-7-9-25/h5-17,20H,18-19H2,1-4H3,(H,31,35)/t20-/m1/s1. The third-order valence-electron chi connectivity index (χ3n) is 5.66. The molecule has 0 aliphatic rings. The Kier molecular flexibility index (Phi) is 9.17. The van der Waals surface area contributed by atoms with Gasteiger partial charge in [0.2, 0.25) is 11.8 Å². The van der Waals surface area contributed by atoms with E-state index in [-0.39, 0.29) is 17.1 Å². The van der Waals surface area contributed by atoms with Crippen LogP contribution in [0.4, 0.5) is 10.1 Å². The largest absolute Gasteiger partial charge is 0.350 e. The highest BCUT2D eigenvalue weighted by Gasteiger charge is 2.33. The monoisotopic (exact) mass is 559 g/mol. The number of carbonyl (C=O) groups is 2. The smallest absolute Gasteiger partial charge is 0.264 e. The molecule has 0 heterocycles. The van der Waals surface area contributed by atoms with Gasteiger partial charge in [-0.05, 0) is 81.8 Å². The first kappa shape index (κ1) is 29.1. The van der Waals surface area contributed by atoms with Crippen LogP contribution in [-0.2, 0) is 26.2 Å². The molecule has 38 heavy (non-hydrogen) atoms. The highest BCUT2D eigenvalue weighted by atomic mass is 35.5. The van der Waals surface area contributed by atoms with Crippen molar-refractivity contribution >= 4 is 39.1 Å². The summed E-state index contributed by atoms with van der Waals surface area (Å²) in [5, 5.41) is 3.26. The molecular formula is C28H31ClFN3O4S. The summed E-state index contributed by atoms with van der Waals surface area (Å²) in [4.78, 5) is 28.1. The third kappa shape index (κ3) is 7.55. The van der Waals surface area contributed by atoms with Gasteiger partial charge in [-0.25, -0.2) is 12.8 Å². The Morgan fingerprint density at radius 2 is 1.53 bits per heavy atom. The lowest BCUT2D eigenvalue weighted by Crippen LogP contribution is -2.54. The number of carbonyl (C=O) groups excluding carboxylic acids is 2. The number of benzene rings is 3. The summed E-state index contributed by atoms with van der Waals surface area (Å²) in [6, 6.07) is 18.5. The fourth-order valence-electron chi connectivity index (χ4n) is 3.70. The van der Waals surface area contributed by atoms with Crippen LogP contribution in [0.15, 0.2) is 83.8 Å². The van der Waals surface area contributed by atoms with Crippen molar-refractivity contribution in [2.45, 2.75) is 50.7 Å². The van der Waals surface area contributed by atoms with Gasteiger partial charge in [-0.1, -0.05) is 41.9 Å². The van der Waals surface area contributed by atoms with Gasteiger partial charge in [0.25, 0.3) is 10.0 Å². The molecule has 1 atom stereocenters. The van der Waals surface area contributed by atoms with Crippen LogP contribution in [0.1, 0.15) is 33.3 Å². The van der Waals surface area contributed by atoms with Crippen molar-refractivity contribution in [2.75, 3.05) is 10.8 Å². The predicted molar refractivity (Wildman–Crippen MR) is 147 cm³/mol. The lowest BCUT2D eigenvalue weighted by atomic mass is 10.1. The zero-order valence-corrected chi connectivity index (χ0v) is 23.3. The maximum Gasteiger partial charge on any atom is 0.264 e. The summed E-state index contributed by atoms with van der Waals surface area (Å²) in [5.74, 6) is -1.45. The van der Waals surface area contributed by atoms with E-state index in [9.17, 15) is 22.4 Å². The predicted octanol–water partition coefficient (Wildman–Crippen LogP) is 5.01. The molecule has 0 spiro atoms. The molecule has 3 aromatic carbocycles. The van der Waals surface area contributed by atoms with Gasteiger partial charge in [-0.2, -0.15) is 0 Å². The zero-order valence-electron chi connectivity index (χ0n) is 21.7. The number of hydrogen-bond donors (Lipinski definition) is 1. The van der Waals surface area contributed by atoms with E-state index in [1.807, 2.05) is 20.8 Å². The fourth-order valence-corrected chi connectivity index (χ4v) is 5.26. The molecule has 0 aliphatic heterocycles. The van der Waals surface area contributed by atoms with Crippen molar-refractivity contribution in [3.8, 4) is 0 Å². The number of anilines is 1. The summed E-state index contributed by atoms with van der Waals surface area (Å²) >= 11 is 6.02. The summed E-state index contributed by atoms with van der Waals surface area (Å²) < 4.78 is 41.8. The molecule has 3 aromatic rings. The van der Waals surface area contributed by atoms with Gasteiger partial charge in [-0.3, -0.25) is 13.9 Å². The first-order valence-electron chi connectivity index (χ1n) is 12.0. The molecule has 0 aromatic heterocycles. The van der Waals surface area contributed by atoms with Gasteiger partial charge < -0.3 is 10.2 Å². The number of rotatable bonds is 9. The second-order valence-electron chi connectivity index (χ2n) is 9.86. The van der Waals surface area contributed by atoms with E-state index in [1.165, 1.54) is 65.6 Å². The van der Waals surface area contributed by atoms with Crippen LogP contribution in [-0.4, -0.2) is 43.3 Å². The summed E-state index contributed by atoms with van der Waals surface area (Å²) in [6.45, 7) is 6.42. The molecule has 0 bridgehead atoms. The Morgan fingerprint density at radius 1 is 0.947 bits per heavy atom. The van der Waals surface area contributed by atoms with Gasteiger partial charge in [-0.15, -0.1) is 0 Å². The third-order valence-corrected chi connectivity index (χ3v) is 7.70. The molecule has 2 amide bonds. The SMILES string of the molecule is C[C@H](C(=O)NC(C)(C)C)N(Cc1ccc(F)cc1)C(=O)CN(c1ccc(Cl)cc1)S(=O)(=O)c1ccccc1. The van der Waals surface area contributed by atoms with Crippen LogP contribution >= 0.6 is 11.6 Å². The van der Waals surface area contributed by atoms with Crippen LogP contribution in [0.2, 0.25) is 5.02 Å². The Labute approximate surface area is 228 Å². The summed E-state index contributed by atoms with van der Waals surface area (Å²) in [7, 11) is -4.16. The van der Waals surface area contributed by atoms with Crippen LogP contribution in [0, 0.1) is 5.82 Å². The highest BCUT2D eigenvalue weighted by molar-refractivity contribution is 7.92. The van der Waals surface area contributed by atoms with Crippen molar-refractivity contribution in [1.29, 1.82) is 0 Å². The summed E-state index contributed by atoms with van der Waals surface area (Å²) in [5.41, 5.74) is 0.265. The minimum absolute atomic E-state index is 0.00589. The van der Waals surface area contributed by atoms with Crippen molar-refractivity contribution < 1.29 is 22.4 Å². The van der Waals surface area contributed by atoms with Crippen LogP contribution in [0.25, 0.3) is 0 Å². The molecular weight excluding hydrogens is 529 g/mol. The van der Waals surface area contributed by atoms with Crippen molar-refractivity contribution in [3.05, 3.63) is 95.3 Å². The highest BCUT2D eigenvalue weighted by Crippen LogP contribution is 2.26. The van der Waals surface area contributed by atoms with E-state index in [4.69, 9.17) is 11.6 Å². The van der Waals surface area contributed by atoms with Crippen LogP contribution in [0.5, 0.6) is 0 Å². The molecule has 1 N–H and O–H groups in total. The van der Waals surface area contributed by atoms with Crippen molar-refractivity contribution in [1.82, 2.24) is 10.2 Å². The molecule has 7 nitrogen and oxygen atoms in total.